The molecule has 0 saturated carbocycles. The van der Waals surface area contributed by atoms with Crippen LogP contribution in [0.3, 0.4) is 0 Å². The van der Waals surface area contributed by atoms with Gasteiger partial charge in [-0.05, 0) is 18.7 Å². The van der Waals surface area contributed by atoms with E-state index in [1.54, 1.807) is 11.3 Å². The Labute approximate surface area is 93.9 Å². The van der Waals surface area contributed by atoms with Crippen LogP contribution in [0.1, 0.15) is 11.8 Å². The van der Waals surface area contributed by atoms with Gasteiger partial charge < -0.3 is 5.32 Å². The van der Waals surface area contributed by atoms with Crippen LogP contribution in [0, 0.1) is 0 Å². The molecular weight excluding hydrogens is 216 g/mol. The van der Waals surface area contributed by atoms with Gasteiger partial charge in [-0.15, -0.1) is 11.3 Å². The minimum atomic E-state index is 0.723. The van der Waals surface area contributed by atoms with E-state index in [9.17, 15) is 0 Å². The van der Waals surface area contributed by atoms with Crippen LogP contribution in [-0.4, -0.2) is 30.6 Å². The van der Waals surface area contributed by atoms with Gasteiger partial charge in [-0.2, -0.15) is 0 Å². The summed E-state index contributed by atoms with van der Waals surface area (Å²) in [6, 6.07) is 4.83. The zero-order valence-electron chi connectivity index (χ0n) is 8.29. The van der Waals surface area contributed by atoms with Gasteiger partial charge in [-0.1, -0.05) is 18.5 Å². The maximum atomic E-state index is 5.90. The van der Waals surface area contributed by atoms with E-state index >= 15 is 0 Å². The van der Waals surface area contributed by atoms with Gasteiger partial charge in [0.15, 0.2) is 0 Å². The topological polar surface area (TPSA) is 15.3 Å². The summed E-state index contributed by atoms with van der Waals surface area (Å²) in [5.41, 5.74) is 0. The highest BCUT2D eigenvalue weighted by molar-refractivity contribution is 7.16. The van der Waals surface area contributed by atoms with E-state index in [0.29, 0.717) is 0 Å². The molecule has 1 fully saturated rings. The zero-order valence-corrected chi connectivity index (χ0v) is 9.87. The van der Waals surface area contributed by atoms with E-state index < -0.39 is 0 Å². The Morgan fingerprint density at radius 1 is 1.57 bits per heavy atom. The minimum Gasteiger partial charge on any atom is -0.314 e. The standard InChI is InChI=1S/C10H15ClN2S/c1-2-13(8-5-12-6-8)7-9-3-4-10(11)14-9/h3-4,8,12H,2,5-7H2,1H3. The number of thiophene rings is 1. The van der Waals surface area contributed by atoms with Crippen molar-refractivity contribution in [3.05, 3.63) is 21.3 Å². The quantitative estimate of drug-likeness (QED) is 0.853. The largest absolute Gasteiger partial charge is 0.314 e. The second-order valence-electron chi connectivity index (χ2n) is 3.58. The molecule has 1 aromatic rings. The van der Waals surface area contributed by atoms with Crippen molar-refractivity contribution in [3.8, 4) is 0 Å². The fraction of sp³-hybridized carbons (Fsp3) is 0.600. The van der Waals surface area contributed by atoms with Gasteiger partial charge in [0.05, 0.1) is 4.34 Å². The van der Waals surface area contributed by atoms with Gasteiger partial charge in [0.2, 0.25) is 0 Å². The van der Waals surface area contributed by atoms with Crippen molar-refractivity contribution >= 4 is 22.9 Å². The molecule has 0 aliphatic carbocycles. The zero-order chi connectivity index (χ0) is 9.97. The maximum Gasteiger partial charge on any atom is 0.0931 e. The summed E-state index contributed by atoms with van der Waals surface area (Å²) in [4.78, 5) is 3.86. The first-order chi connectivity index (χ1) is 6.79. The Bertz CT molecular complexity index is 296. The number of rotatable bonds is 4. The molecule has 78 valence electrons. The van der Waals surface area contributed by atoms with Crippen molar-refractivity contribution < 1.29 is 0 Å². The van der Waals surface area contributed by atoms with Crippen LogP contribution in [-0.2, 0) is 6.54 Å². The van der Waals surface area contributed by atoms with Gasteiger partial charge in [-0.3, -0.25) is 4.90 Å². The molecule has 1 aliphatic rings. The van der Waals surface area contributed by atoms with Crippen molar-refractivity contribution in [2.45, 2.75) is 19.5 Å². The number of halogens is 1. The van der Waals surface area contributed by atoms with E-state index in [-0.39, 0.29) is 0 Å². The van der Waals surface area contributed by atoms with Gasteiger partial charge in [-0.25, -0.2) is 0 Å². The normalized spacial score (nSPS) is 17.4. The Kier molecular flexibility index (Phi) is 3.44. The van der Waals surface area contributed by atoms with Crippen molar-refractivity contribution in [2.24, 2.45) is 0 Å². The molecule has 0 spiro atoms. The van der Waals surface area contributed by atoms with Gasteiger partial charge >= 0.3 is 0 Å². The number of hydrogen-bond acceptors (Lipinski definition) is 3. The molecular formula is C10H15ClN2S. The van der Waals surface area contributed by atoms with Crippen LogP contribution in [0.5, 0.6) is 0 Å². The number of nitrogens with zero attached hydrogens (tertiary/aromatic N) is 1. The lowest BCUT2D eigenvalue weighted by Gasteiger charge is -2.37. The third-order valence-electron chi connectivity index (χ3n) is 2.67. The Morgan fingerprint density at radius 3 is 2.79 bits per heavy atom. The van der Waals surface area contributed by atoms with Crippen LogP contribution in [0.15, 0.2) is 12.1 Å². The molecule has 0 aromatic carbocycles. The molecule has 2 nitrogen and oxygen atoms in total. The average molecular weight is 231 g/mol. The van der Waals surface area contributed by atoms with E-state index in [1.807, 2.05) is 6.07 Å². The number of likely N-dealkylation sites (N-methyl/N-ethyl adjacent to an activating group) is 1. The monoisotopic (exact) mass is 230 g/mol. The van der Waals surface area contributed by atoms with Crippen LogP contribution in [0.4, 0.5) is 0 Å². The van der Waals surface area contributed by atoms with Crippen LogP contribution in [0.25, 0.3) is 0 Å². The first-order valence-electron chi connectivity index (χ1n) is 4.98. The van der Waals surface area contributed by atoms with Crippen molar-refractivity contribution in [1.82, 2.24) is 10.2 Å². The summed E-state index contributed by atoms with van der Waals surface area (Å²) < 4.78 is 0.891. The molecule has 1 aliphatic heterocycles. The number of hydrogen-bond donors (Lipinski definition) is 1. The van der Waals surface area contributed by atoms with E-state index in [1.165, 1.54) is 4.88 Å². The van der Waals surface area contributed by atoms with Gasteiger partial charge in [0.1, 0.15) is 0 Å². The molecule has 1 aromatic heterocycles. The predicted octanol–water partition coefficient (Wildman–Crippen LogP) is 2.20. The van der Waals surface area contributed by atoms with Crippen LogP contribution < -0.4 is 5.32 Å². The maximum absolute atomic E-state index is 5.90. The lowest BCUT2D eigenvalue weighted by molar-refractivity contribution is 0.146. The molecule has 0 radical (unpaired) electrons. The molecule has 0 bridgehead atoms. The highest BCUT2D eigenvalue weighted by Crippen LogP contribution is 2.23. The second-order valence-corrected chi connectivity index (χ2v) is 5.38. The van der Waals surface area contributed by atoms with E-state index in [2.05, 4.69) is 23.2 Å². The highest BCUT2D eigenvalue weighted by atomic mass is 35.5. The minimum absolute atomic E-state index is 0.723. The highest BCUT2D eigenvalue weighted by Gasteiger charge is 2.23. The molecule has 2 heterocycles. The van der Waals surface area contributed by atoms with Crippen molar-refractivity contribution in [1.29, 1.82) is 0 Å². The first-order valence-corrected chi connectivity index (χ1v) is 6.18. The lowest BCUT2D eigenvalue weighted by atomic mass is 10.1. The Hall–Kier alpha value is -0.0900. The van der Waals surface area contributed by atoms with Gasteiger partial charge in [0, 0.05) is 30.6 Å². The summed E-state index contributed by atoms with van der Waals surface area (Å²) in [6.07, 6.45) is 0. The molecule has 0 unspecified atom stereocenters. The third-order valence-corrected chi connectivity index (χ3v) is 3.89. The van der Waals surface area contributed by atoms with Gasteiger partial charge in [0.25, 0.3) is 0 Å². The summed E-state index contributed by atoms with van der Waals surface area (Å²) in [7, 11) is 0. The van der Waals surface area contributed by atoms with Crippen LogP contribution >= 0.6 is 22.9 Å². The summed E-state index contributed by atoms with van der Waals surface area (Å²) >= 11 is 7.59. The second kappa shape index (κ2) is 4.62. The number of nitrogens with one attached hydrogen (secondary N) is 1. The molecule has 2 rings (SSSR count). The summed E-state index contributed by atoms with van der Waals surface area (Å²) in [6.45, 7) is 6.63. The smallest absolute Gasteiger partial charge is 0.0931 e. The Balaban J connectivity index is 1.93. The summed E-state index contributed by atoms with van der Waals surface area (Å²) in [5, 5.41) is 3.30. The van der Waals surface area contributed by atoms with Crippen molar-refractivity contribution in [2.75, 3.05) is 19.6 Å². The van der Waals surface area contributed by atoms with Crippen molar-refractivity contribution in [3.63, 3.8) is 0 Å². The van der Waals surface area contributed by atoms with Crippen LogP contribution in [0.2, 0.25) is 4.34 Å². The molecule has 4 heteroatoms. The van der Waals surface area contributed by atoms with E-state index in [0.717, 1.165) is 36.6 Å². The fourth-order valence-corrected chi connectivity index (χ4v) is 2.78. The molecule has 0 atom stereocenters. The SMILES string of the molecule is CCN(Cc1ccc(Cl)s1)C1CNC1. The van der Waals surface area contributed by atoms with E-state index in [4.69, 9.17) is 11.6 Å². The first kappa shape index (κ1) is 10.4. The molecule has 0 amide bonds. The molecule has 1 saturated heterocycles. The lowest BCUT2D eigenvalue weighted by Crippen LogP contribution is -2.56. The third kappa shape index (κ3) is 2.28. The predicted molar refractivity (Wildman–Crippen MR) is 62.1 cm³/mol. The summed E-state index contributed by atoms with van der Waals surface area (Å²) in [5.74, 6) is 0. The fourth-order valence-electron chi connectivity index (χ4n) is 1.67. The molecule has 1 N–H and O–H groups in total. The molecule has 14 heavy (non-hydrogen) atoms. The average Bonchev–Trinajstić information content (AvgIpc) is 2.47. The Morgan fingerprint density at radius 2 is 2.36 bits per heavy atom.